The van der Waals surface area contributed by atoms with Crippen LogP contribution in [0.2, 0.25) is 0 Å². The first kappa shape index (κ1) is 19.1. The standard InChI is InChI=1S/C14H22FN.C2H3NO2/c1-5-6-11(4)16-12-7-8-14(15)13(9-12)10(2)3;4-1-3-2-5/h7-11,16H,5-6H2,1-4H3;1-2H,(H,3,4,5). The molecule has 1 aromatic rings. The molecule has 0 aliphatic heterocycles. The summed E-state index contributed by atoms with van der Waals surface area (Å²) in [5, 5.41) is 5.15. The average Bonchev–Trinajstić information content (AvgIpc) is 2.42. The molecule has 2 amide bonds. The number of carbonyl (C=O) groups is 2. The van der Waals surface area contributed by atoms with Crippen LogP contribution in [0.25, 0.3) is 0 Å². The highest BCUT2D eigenvalue weighted by Crippen LogP contribution is 2.23. The number of hydrogen-bond donors (Lipinski definition) is 2. The van der Waals surface area contributed by atoms with Crippen LogP contribution >= 0.6 is 0 Å². The van der Waals surface area contributed by atoms with Crippen molar-refractivity contribution < 1.29 is 14.0 Å². The predicted octanol–water partition coefficient (Wildman–Crippen LogP) is 3.44. The molecule has 0 aliphatic carbocycles. The molecule has 2 N–H and O–H groups in total. The molecule has 21 heavy (non-hydrogen) atoms. The van der Waals surface area contributed by atoms with Gasteiger partial charge in [-0.2, -0.15) is 0 Å². The second kappa shape index (κ2) is 10.8. The van der Waals surface area contributed by atoms with Gasteiger partial charge in [-0.1, -0.05) is 27.2 Å². The van der Waals surface area contributed by atoms with Gasteiger partial charge >= 0.3 is 0 Å². The van der Waals surface area contributed by atoms with E-state index in [1.807, 2.05) is 26.0 Å². The maximum Gasteiger partial charge on any atom is 0.213 e. The molecule has 0 aliphatic rings. The lowest BCUT2D eigenvalue weighted by Crippen LogP contribution is -2.14. The van der Waals surface area contributed by atoms with Crippen LogP contribution in [-0.2, 0) is 9.59 Å². The Morgan fingerprint density at radius 3 is 2.24 bits per heavy atom. The van der Waals surface area contributed by atoms with E-state index < -0.39 is 0 Å². The van der Waals surface area contributed by atoms with Crippen LogP contribution in [-0.4, -0.2) is 18.9 Å². The normalized spacial score (nSPS) is 11.1. The zero-order valence-electron chi connectivity index (χ0n) is 13.2. The molecule has 0 spiro atoms. The Morgan fingerprint density at radius 2 is 1.81 bits per heavy atom. The summed E-state index contributed by atoms with van der Waals surface area (Å²) in [6.07, 6.45) is 2.92. The third-order valence-electron chi connectivity index (χ3n) is 2.89. The van der Waals surface area contributed by atoms with E-state index >= 15 is 0 Å². The monoisotopic (exact) mass is 296 g/mol. The first-order valence-electron chi connectivity index (χ1n) is 7.15. The van der Waals surface area contributed by atoms with Crippen molar-refractivity contribution in [1.29, 1.82) is 0 Å². The van der Waals surface area contributed by atoms with E-state index in [9.17, 15) is 4.39 Å². The summed E-state index contributed by atoms with van der Waals surface area (Å²) in [6.45, 7) is 8.35. The van der Waals surface area contributed by atoms with Gasteiger partial charge in [0.05, 0.1) is 0 Å². The molecule has 1 unspecified atom stereocenters. The fourth-order valence-corrected chi connectivity index (χ4v) is 1.89. The second-order valence-corrected chi connectivity index (χ2v) is 5.13. The van der Waals surface area contributed by atoms with E-state index in [1.165, 1.54) is 0 Å². The molecule has 1 rings (SSSR count). The third kappa shape index (κ3) is 8.07. The van der Waals surface area contributed by atoms with Gasteiger partial charge in [-0.3, -0.25) is 9.59 Å². The van der Waals surface area contributed by atoms with Crippen molar-refractivity contribution in [2.24, 2.45) is 0 Å². The van der Waals surface area contributed by atoms with Crippen molar-refractivity contribution >= 4 is 18.5 Å². The smallest absolute Gasteiger partial charge is 0.213 e. The van der Waals surface area contributed by atoms with Gasteiger partial charge in [0, 0.05) is 11.7 Å². The molecule has 4 nitrogen and oxygen atoms in total. The van der Waals surface area contributed by atoms with Crippen LogP contribution in [0.5, 0.6) is 0 Å². The van der Waals surface area contributed by atoms with E-state index in [0.29, 0.717) is 18.9 Å². The van der Waals surface area contributed by atoms with Crippen molar-refractivity contribution in [2.45, 2.75) is 52.5 Å². The van der Waals surface area contributed by atoms with Crippen molar-refractivity contribution in [2.75, 3.05) is 5.32 Å². The first-order chi connectivity index (χ1) is 9.96. The van der Waals surface area contributed by atoms with E-state index in [0.717, 1.165) is 24.1 Å². The molecule has 5 heteroatoms. The molecule has 0 heterocycles. The fourth-order valence-electron chi connectivity index (χ4n) is 1.89. The summed E-state index contributed by atoms with van der Waals surface area (Å²) in [5.74, 6) is 0.118. The third-order valence-corrected chi connectivity index (χ3v) is 2.89. The minimum atomic E-state index is -0.108. The van der Waals surface area contributed by atoms with Gasteiger partial charge in [0.25, 0.3) is 0 Å². The Kier molecular flexibility index (Phi) is 9.84. The lowest BCUT2D eigenvalue weighted by Gasteiger charge is -2.16. The van der Waals surface area contributed by atoms with Crippen molar-refractivity contribution in [1.82, 2.24) is 5.32 Å². The van der Waals surface area contributed by atoms with Crippen LogP contribution in [0, 0.1) is 5.82 Å². The van der Waals surface area contributed by atoms with E-state index in [4.69, 9.17) is 9.59 Å². The van der Waals surface area contributed by atoms with Crippen LogP contribution in [0.4, 0.5) is 10.1 Å². The van der Waals surface area contributed by atoms with Gasteiger partial charge in [0.2, 0.25) is 12.8 Å². The maximum absolute atomic E-state index is 13.5. The number of carbonyl (C=O) groups excluding carboxylic acids is 2. The van der Waals surface area contributed by atoms with Gasteiger partial charge in [0.1, 0.15) is 5.82 Å². The van der Waals surface area contributed by atoms with Crippen LogP contribution in [0.3, 0.4) is 0 Å². The van der Waals surface area contributed by atoms with E-state index in [1.54, 1.807) is 11.4 Å². The van der Waals surface area contributed by atoms with Crippen molar-refractivity contribution in [3.05, 3.63) is 29.6 Å². The number of imide groups is 1. The van der Waals surface area contributed by atoms with Crippen LogP contribution in [0.1, 0.15) is 52.0 Å². The van der Waals surface area contributed by atoms with E-state index in [2.05, 4.69) is 19.2 Å². The molecule has 1 aromatic carbocycles. The highest BCUT2D eigenvalue weighted by molar-refractivity contribution is 5.67. The highest BCUT2D eigenvalue weighted by atomic mass is 19.1. The number of anilines is 1. The predicted molar refractivity (Wildman–Crippen MR) is 83.7 cm³/mol. The number of amides is 2. The highest BCUT2D eigenvalue weighted by Gasteiger charge is 2.08. The van der Waals surface area contributed by atoms with Gasteiger partial charge in [-0.25, -0.2) is 4.39 Å². The number of halogens is 1. The minimum absolute atomic E-state index is 0.108. The topological polar surface area (TPSA) is 58.2 Å². The van der Waals surface area contributed by atoms with Crippen molar-refractivity contribution in [3.63, 3.8) is 0 Å². The molecule has 0 fully saturated rings. The summed E-state index contributed by atoms with van der Waals surface area (Å²) in [7, 11) is 0. The number of hydrogen-bond acceptors (Lipinski definition) is 3. The molecule has 0 saturated heterocycles. The van der Waals surface area contributed by atoms with Gasteiger partial charge in [-0.05, 0) is 43.0 Å². The largest absolute Gasteiger partial charge is 0.383 e. The maximum atomic E-state index is 13.5. The molecular weight excluding hydrogens is 271 g/mol. The number of nitrogens with one attached hydrogen (secondary N) is 2. The Labute approximate surface area is 126 Å². The number of benzene rings is 1. The minimum Gasteiger partial charge on any atom is -0.383 e. The van der Waals surface area contributed by atoms with Gasteiger partial charge in [-0.15, -0.1) is 0 Å². The molecule has 1 atom stereocenters. The zero-order chi connectivity index (χ0) is 16.3. The average molecular weight is 296 g/mol. The summed E-state index contributed by atoms with van der Waals surface area (Å²) in [5.41, 5.74) is 1.81. The summed E-state index contributed by atoms with van der Waals surface area (Å²) < 4.78 is 13.5. The molecular formula is C16H25FN2O2. The second-order valence-electron chi connectivity index (χ2n) is 5.13. The Balaban J connectivity index is 0.000000690. The van der Waals surface area contributed by atoms with E-state index in [-0.39, 0.29) is 11.7 Å². The molecule has 0 saturated carbocycles. The zero-order valence-corrected chi connectivity index (χ0v) is 13.2. The van der Waals surface area contributed by atoms with Crippen molar-refractivity contribution in [3.8, 4) is 0 Å². The Hall–Kier alpha value is -1.91. The molecule has 0 bridgehead atoms. The molecule has 0 radical (unpaired) electrons. The first-order valence-corrected chi connectivity index (χ1v) is 7.15. The van der Waals surface area contributed by atoms with Gasteiger partial charge in [0.15, 0.2) is 0 Å². The summed E-state index contributed by atoms with van der Waals surface area (Å²) in [4.78, 5) is 18.1. The lowest BCUT2D eigenvalue weighted by molar-refractivity contribution is -0.117. The Bertz CT molecular complexity index is 430. The SMILES string of the molecule is CCCC(C)Nc1ccc(F)c(C(C)C)c1.O=CNC=O. The Morgan fingerprint density at radius 1 is 1.19 bits per heavy atom. The summed E-state index contributed by atoms with van der Waals surface area (Å²) >= 11 is 0. The number of rotatable bonds is 7. The fraction of sp³-hybridized carbons (Fsp3) is 0.500. The summed E-state index contributed by atoms with van der Waals surface area (Å²) in [6, 6.07) is 5.73. The van der Waals surface area contributed by atoms with Crippen LogP contribution < -0.4 is 10.6 Å². The molecule has 118 valence electrons. The van der Waals surface area contributed by atoms with Crippen LogP contribution in [0.15, 0.2) is 18.2 Å². The molecule has 0 aromatic heterocycles. The lowest BCUT2D eigenvalue weighted by atomic mass is 10.0. The quantitative estimate of drug-likeness (QED) is 0.758. The van der Waals surface area contributed by atoms with Gasteiger partial charge < -0.3 is 10.6 Å².